The monoisotopic (exact) mass is 292 g/mol. The first-order valence-electron chi connectivity index (χ1n) is 6.65. The van der Waals surface area contributed by atoms with Gasteiger partial charge in [0.1, 0.15) is 12.1 Å². The lowest BCUT2D eigenvalue weighted by atomic mass is 10.2. The molecule has 21 heavy (non-hydrogen) atoms. The summed E-state index contributed by atoms with van der Waals surface area (Å²) in [7, 11) is 1.90. The van der Waals surface area contributed by atoms with Gasteiger partial charge in [0.05, 0.1) is 5.69 Å². The van der Waals surface area contributed by atoms with Crippen molar-refractivity contribution < 1.29 is 18.7 Å². The zero-order valence-corrected chi connectivity index (χ0v) is 11.8. The topological polar surface area (TPSA) is 66.6 Å². The average Bonchev–Trinajstić information content (AvgIpc) is 2.87. The van der Waals surface area contributed by atoms with E-state index in [4.69, 9.17) is 9.52 Å². The molecule has 0 saturated carbocycles. The van der Waals surface area contributed by atoms with Crippen LogP contribution in [0.2, 0.25) is 0 Å². The number of halogens is 1. The second-order valence-corrected chi connectivity index (χ2v) is 4.89. The number of nitrogens with zero attached hydrogens (tertiary/aromatic N) is 2. The first-order chi connectivity index (χ1) is 10.0. The SMILES string of the molecule is CN(CCCC(=O)O)Cc1coc(-c2ccc(F)cc2)n1. The van der Waals surface area contributed by atoms with Gasteiger partial charge in [0, 0.05) is 18.5 Å². The zero-order valence-electron chi connectivity index (χ0n) is 11.8. The molecular weight excluding hydrogens is 275 g/mol. The van der Waals surface area contributed by atoms with Crippen LogP contribution in [0.25, 0.3) is 11.5 Å². The quantitative estimate of drug-likeness (QED) is 0.850. The van der Waals surface area contributed by atoms with Gasteiger partial charge < -0.3 is 14.4 Å². The van der Waals surface area contributed by atoms with E-state index in [2.05, 4.69) is 4.98 Å². The van der Waals surface area contributed by atoms with Crippen LogP contribution in [-0.4, -0.2) is 34.6 Å². The lowest BCUT2D eigenvalue weighted by Crippen LogP contribution is -2.20. The van der Waals surface area contributed by atoms with Gasteiger partial charge in [0.25, 0.3) is 0 Å². The lowest BCUT2D eigenvalue weighted by Gasteiger charge is -2.13. The van der Waals surface area contributed by atoms with Gasteiger partial charge >= 0.3 is 5.97 Å². The molecule has 6 heteroatoms. The van der Waals surface area contributed by atoms with E-state index in [-0.39, 0.29) is 12.2 Å². The molecule has 5 nitrogen and oxygen atoms in total. The van der Waals surface area contributed by atoms with Gasteiger partial charge in [-0.25, -0.2) is 9.37 Å². The second kappa shape index (κ2) is 6.99. The summed E-state index contributed by atoms with van der Waals surface area (Å²) in [4.78, 5) is 16.8. The Hall–Kier alpha value is -2.21. The summed E-state index contributed by atoms with van der Waals surface area (Å²) in [6, 6.07) is 5.94. The van der Waals surface area contributed by atoms with Crippen molar-refractivity contribution in [2.75, 3.05) is 13.6 Å². The van der Waals surface area contributed by atoms with Crippen LogP contribution in [-0.2, 0) is 11.3 Å². The van der Waals surface area contributed by atoms with E-state index in [0.29, 0.717) is 25.4 Å². The van der Waals surface area contributed by atoms with E-state index < -0.39 is 5.97 Å². The van der Waals surface area contributed by atoms with Crippen molar-refractivity contribution in [2.24, 2.45) is 0 Å². The summed E-state index contributed by atoms with van der Waals surface area (Å²) in [5.74, 6) is -0.643. The van der Waals surface area contributed by atoms with Crippen LogP contribution >= 0.6 is 0 Å². The Morgan fingerprint density at radius 2 is 2.10 bits per heavy atom. The number of carbonyl (C=O) groups is 1. The number of hydrogen-bond acceptors (Lipinski definition) is 4. The summed E-state index contributed by atoms with van der Waals surface area (Å²) in [6.07, 6.45) is 2.31. The van der Waals surface area contributed by atoms with Crippen molar-refractivity contribution in [2.45, 2.75) is 19.4 Å². The minimum atomic E-state index is -0.788. The molecule has 0 aliphatic heterocycles. The maximum absolute atomic E-state index is 12.9. The van der Waals surface area contributed by atoms with E-state index >= 15 is 0 Å². The highest BCUT2D eigenvalue weighted by Gasteiger charge is 2.09. The number of hydrogen-bond donors (Lipinski definition) is 1. The smallest absolute Gasteiger partial charge is 0.303 e. The molecule has 0 aliphatic carbocycles. The standard InChI is InChI=1S/C15H17FN2O3/c1-18(8-2-3-14(19)20)9-13-10-21-15(17-13)11-4-6-12(16)7-5-11/h4-7,10H,2-3,8-9H2,1H3,(H,19,20). The van der Waals surface area contributed by atoms with E-state index in [1.807, 2.05) is 11.9 Å². The molecule has 112 valence electrons. The van der Waals surface area contributed by atoms with E-state index in [9.17, 15) is 9.18 Å². The normalized spacial score (nSPS) is 11.0. The number of carboxylic acid groups (broad SMARTS) is 1. The molecule has 1 heterocycles. The van der Waals surface area contributed by atoms with Crippen LogP contribution in [0.3, 0.4) is 0 Å². The molecule has 0 amide bonds. The van der Waals surface area contributed by atoms with E-state index in [1.54, 1.807) is 18.4 Å². The molecular formula is C15H17FN2O3. The third kappa shape index (κ3) is 4.68. The van der Waals surface area contributed by atoms with Crippen LogP contribution < -0.4 is 0 Å². The first kappa shape index (κ1) is 15.2. The van der Waals surface area contributed by atoms with Crippen LogP contribution in [0.5, 0.6) is 0 Å². The molecule has 1 N–H and O–H groups in total. The van der Waals surface area contributed by atoms with Gasteiger partial charge in [-0.2, -0.15) is 0 Å². The Labute approximate surface area is 122 Å². The van der Waals surface area contributed by atoms with Crippen molar-refractivity contribution in [3.8, 4) is 11.5 Å². The van der Waals surface area contributed by atoms with Crippen LogP contribution in [0.1, 0.15) is 18.5 Å². The number of benzene rings is 1. The molecule has 1 aromatic heterocycles. The Morgan fingerprint density at radius 3 is 2.76 bits per heavy atom. The molecule has 2 aromatic rings. The molecule has 0 saturated heterocycles. The number of oxazole rings is 1. The number of rotatable bonds is 7. The third-order valence-corrected chi connectivity index (χ3v) is 3.01. The van der Waals surface area contributed by atoms with Crippen molar-refractivity contribution in [1.82, 2.24) is 9.88 Å². The maximum atomic E-state index is 12.9. The highest BCUT2D eigenvalue weighted by Crippen LogP contribution is 2.19. The van der Waals surface area contributed by atoms with Crippen molar-refractivity contribution >= 4 is 5.97 Å². The predicted molar refractivity (Wildman–Crippen MR) is 75.1 cm³/mol. The van der Waals surface area contributed by atoms with Gasteiger partial charge in [-0.05, 0) is 44.3 Å². The summed E-state index contributed by atoms with van der Waals surface area (Å²) >= 11 is 0. The van der Waals surface area contributed by atoms with E-state index in [0.717, 1.165) is 11.3 Å². The Bertz CT molecular complexity index is 595. The molecule has 0 aliphatic rings. The molecule has 1 aromatic carbocycles. The van der Waals surface area contributed by atoms with Crippen molar-refractivity contribution in [3.05, 3.63) is 42.0 Å². The maximum Gasteiger partial charge on any atom is 0.303 e. The zero-order chi connectivity index (χ0) is 15.2. The highest BCUT2D eigenvalue weighted by atomic mass is 19.1. The number of aromatic nitrogens is 1. The van der Waals surface area contributed by atoms with Crippen LogP contribution in [0, 0.1) is 5.82 Å². The van der Waals surface area contributed by atoms with Crippen LogP contribution in [0.4, 0.5) is 4.39 Å². The molecule has 0 unspecified atom stereocenters. The van der Waals surface area contributed by atoms with E-state index in [1.165, 1.54) is 12.1 Å². The van der Waals surface area contributed by atoms with Gasteiger partial charge in [-0.1, -0.05) is 0 Å². The average molecular weight is 292 g/mol. The lowest BCUT2D eigenvalue weighted by molar-refractivity contribution is -0.137. The minimum Gasteiger partial charge on any atom is -0.481 e. The largest absolute Gasteiger partial charge is 0.481 e. The fraction of sp³-hybridized carbons (Fsp3) is 0.333. The van der Waals surface area contributed by atoms with Crippen LogP contribution in [0.15, 0.2) is 34.9 Å². The first-order valence-corrected chi connectivity index (χ1v) is 6.65. The Balaban J connectivity index is 1.90. The predicted octanol–water partition coefficient (Wildman–Crippen LogP) is 2.78. The minimum absolute atomic E-state index is 0.157. The summed E-state index contributed by atoms with van der Waals surface area (Å²) in [6.45, 7) is 1.25. The fourth-order valence-electron chi connectivity index (χ4n) is 1.96. The number of carboxylic acids is 1. The Kier molecular flexibility index (Phi) is 5.05. The third-order valence-electron chi connectivity index (χ3n) is 3.01. The van der Waals surface area contributed by atoms with Gasteiger partial charge in [0.15, 0.2) is 0 Å². The van der Waals surface area contributed by atoms with Gasteiger partial charge in [0.2, 0.25) is 5.89 Å². The van der Waals surface area contributed by atoms with Gasteiger partial charge in [-0.3, -0.25) is 4.79 Å². The summed E-state index contributed by atoms with van der Waals surface area (Å²) < 4.78 is 18.2. The summed E-state index contributed by atoms with van der Waals surface area (Å²) in [5, 5.41) is 8.59. The second-order valence-electron chi connectivity index (χ2n) is 4.89. The fourth-order valence-corrected chi connectivity index (χ4v) is 1.96. The summed E-state index contributed by atoms with van der Waals surface area (Å²) in [5.41, 5.74) is 1.48. The molecule has 0 radical (unpaired) electrons. The molecule has 0 bridgehead atoms. The van der Waals surface area contributed by atoms with Crippen molar-refractivity contribution in [3.63, 3.8) is 0 Å². The van der Waals surface area contributed by atoms with Crippen molar-refractivity contribution in [1.29, 1.82) is 0 Å². The highest BCUT2D eigenvalue weighted by molar-refractivity contribution is 5.66. The number of aliphatic carboxylic acids is 1. The molecule has 2 rings (SSSR count). The molecule has 0 atom stereocenters. The van der Waals surface area contributed by atoms with Gasteiger partial charge in [-0.15, -0.1) is 0 Å². The molecule has 0 spiro atoms. The molecule has 0 fully saturated rings. The Morgan fingerprint density at radius 1 is 1.38 bits per heavy atom.